The van der Waals surface area contributed by atoms with Crippen molar-refractivity contribution in [2.45, 2.75) is 38.7 Å². The fraction of sp³-hybridized carbons (Fsp3) is 0.600. The molecule has 18 heavy (non-hydrogen) atoms. The summed E-state index contributed by atoms with van der Waals surface area (Å²) in [4.78, 5) is 0. The molecule has 0 fully saturated rings. The molecule has 3 N–H and O–H groups in total. The molecule has 0 aliphatic carbocycles. The maximum absolute atomic E-state index is 9.73. The first-order valence-corrected chi connectivity index (χ1v) is 6.54. The van der Waals surface area contributed by atoms with Crippen LogP contribution in [0.1, 0.15) is 31.4 Å². The molecule has 0 aliphatic heterocycles. The first-order chi connectivity index (χ1) is 8.54. The van der Waals surface area contributed by atoms with Gasteiger partial charge in [0, 0.05) is 18.6 Å². The van der Waals surface area contributed by atoms with Gasteiger partial charge in [-0.25, -0.2) is 0 Å². The molecule has 102 valence electrons. The summed E-state index contributed by atoms with van der Waals surface area (Å²) in [5.41, 5.74) is 7.80. The third-order valence-electron chi connectivity index (χ3n) is 3.39. The summed E-state index contributed by atoms with van der Waals surface area (Å²) in [5, 5.41) is 9.73. The molecule has 0 spiro atoms. The van der Waals surface area contributed by atoms with Gasteiger partial charge in [-0.15, -0.1) is 0 Å². The molecular weight excluding hydrogens is 226 g/mol. The number of hydrogen-bond donors (Lipinski definition) is 2. The van der Waals surface area contributed by atoms with Crippen LogP contribution in [0.2, 0.25) is 0 Å². The third-order valence-corrected chi connectivity index (χ3v) is 3.39. The van der Waals surface area contributed by atoms with Gasteiger partial charge in [-0.2, -0.15) is 0 Å². The quantitative estimate of drug-likeness (QED) is 0.779. The van der Waals surface area contributed by atoms with Crippen molar-refractivity contribution in [1.29, 1.82) is 0 Å². The van der Waals surface area contributed by atoms with E-state index < -0.39 is 0 Å². The topological polar surface area (TPSA) is 55.5 Å². The standard InChI is InChI=1S/C15H25NO2/c1-12(2)18-9-8-15(10-16,11-17)14-6-4-13(3)5-7-14/h4-7,12,17H,8-11,16H2,1-3H3. The lowest BCUT2D eigenvalue weighted by Crippen LogP contribution is -2.40. The Kier molecular flexibility index (Phi) is 5.79. The van der Waals surface area contributed by atoms with E-state index in [9.17, 15) is 5.11 Å². The second-order valence-electron chi connectivity index (χ2n) is 5.18. The number of aryl methyl sites for hydroxylation is 1. The average Bonchev–Trinajstić information content (AvgIpc) is 2.36. The fourth-order valence-electron chi connectivity index (χ4n) is 2.00. The van der Waals surface area contributed by atoms with E-state index in [-0.39, 0.29) is 18.1 Å². The number of rotatable bonds is 7. The van der Waals surface area contributed by atoms with Gasteiger partial charge in [0.1, 0.15) is 0 Å². The Morgan fingerprint density at radius 2 is 1.89 bits per heavy atom. The van der Waals surface area contributed by atoms with E-state index in [2.05, 4.69) is 19.1 Å². The Balaban J connectivity index is 2.81. The smallest absolute Gasteiger partial charge is 0.0541 e. The zero-order chi connectivity index (χ0) is 13.6. The van der Waals surface area contributed by atoms with E-state index in [1.165, 1.54) is 5.56 Å². The molecular formula is C15H25NO2. The van der Waals surface area contributed by atoms with Gasteiger partial charge in [0.25, 0.3) is 0 Å². The van der Waals surface area contributed by atoms with Gasteiger partial charge in [0.05, 0.1) is 12.7 Å². The molecule has 0 amide bonds. The van der Waals surface area contributed by atoms with Gasteiger partial charge in [0.2, 0.25) is 0 Å². The molecule has 3 heteroatoms. The summed E-state index contributed by atoms with van der Waals surface area (Å²) in [6, 6.07) is 8.21. The van der Waals surface area contributed by atoms with Gasteiger partial charge < -0.3 is 15.6 Å². The van der Waals surface area contributed by atoms with Crippen molar-refractivity contribution >= 4 is 0 Å². The summed E-state index contributed by atoms with van der Waals surface area (Å²) >= 11 is 0. The van der Waals surface area contributed by atoms with Crippen molar-refractivity contribution in [3.05, 3.63) is 35.4 Å². The molecule has 1 rings (SSSR count). The molecule has 3 nitrogen and oxygen atoms in total. The van der Waals surface area contributed by atoms with Crippen LogP contribution in [0.5, 0.6) is 0 Å². The average molecular weight is 251 g/mol. The number of hydrogen-bond acceptors (Lipinski definition) is 3. The van der Waals surface area contributed by atoms with E-state index >= 15 is 0 Å². The summed E-state index contributed by atoms with van der Waals surface area (Å²) in [5.74, 6) is 0. The van der Waals surface area contributed by atoms with Crippen molar-refractivity contribution in [2.24, 2.45) is 5.73 Å². The van der Waals surface area contributed by atoms with Crippen molar-refractivity contribution in [1.82, 2.24) is 0 Å². The van der Waals surface area contributed by atoms with Crippen LogP contribution in [0, 0.1) is 6.92 Å². The Morgan fingerprint density at radius 3 is 2.33 bits per heavy atom. The van der Waals surface area contributed by atoms with Crippen LogP contribution in [-0.4, -0.2) is 31.0 Å². The van der Waals surface area contributed by atoms with E-state index in [0.717, 1.165) is 12.0 Å². The van der Waals surface area contributed by atoms with Crippen LogP contribution in [0.4, 0.5) is 0 Å². The largest absolute Gasteiger partial charge is 0.395 e. The molecule has 0 aromatic heterocycles. The van der Waals surface area contributed by atoms with Crippen LogP contribution in [0.25, 0.3) is 0 Å². The number of aliphatic hydroxyl groups is 1. The molecule has 0 aliphatic rings. The number of nitrogens with two attached hydrogens (primary N) is 1. The van der Waals surface area contributed by atoms with Gasteiger partial charge >= 0.3 is 0 Å². The highest BCUT2D eigenvalue weighted by Gasteiger charge is 2.29. The second-order valence-corrected chi connectivity index (χ2v) is 5.18. The molecule has 0 saturated heterocycles. The van der Waals surface area contributed by atoms with Gasteiger partial charge in [-0.1, -0.05) is 29.8 Å². The molecule has 1 aromatic rings. The lowest BCUT2D eigenvalue weighted by atomic mass is 9.78. The summed E-state index contributed by atoms with van der Waals surface area (Å²) < 4.78 is 5.58. The van der Waals surface area contributed by atoms with Crippen LogP contribution >= 0.6 is 0 Å². The third kappa shape index (κ3) is 3.80. The van der Waals surface area contributed by atoms with Crippen molar-refractivity contribution < 1.29 is 9.84 Å². The Hall–Kier alpha value is -0.900. The molecule has 0 bridgehead atoms. The number of aliphatic hydroxyl groups excluding tert-OH is 1. The van der Waals surface area contributed by atoms with Gasteiger partial charge in [-0.05, 0) is 32.8 Å². The van der Waals surface area contributed by atoms with Crippen LogP contribution in [0.15, 0.2) is 24.3 Å². The first-order valence-electron chi connectivity index (χ1n) is 6.54. The van der Waals surface area contributed by atoms with E-state index in [1.807, 2.05) is 26.0 Å². The highest BCUT2D eigenvalue weighted by molar-refractivity contribution is 5.29. The molecule has 0 heterocycles. The van der Waals surface area contributed by atoms with Crippen molar-refractivity contribution in [3.8, 4) is 0 Å². The normalized spacial score (nSPS) is 14.8. The minimum Gasteiger partial charge on any atom is -0.395 e. The SMILES string of the molecule is Cc1ccc(C(CN)(CO)CCOC(C)C)cc1. The van der Waals surface area contributed by atoms with Crippen molar-refractivity contribution in [3.63, 3.8) is 0 Å². The number of ether oxygens (including phenoxy) is 1. The molecule has 1 aromatic carbocycles. The van der Waals surface area contributed by atoms with Crippen LogP contribution in [0.3, 0.4) is 0 Å². The maximum atomic E-state index is 9.73. The minimum absolute atomic E-state index is 0.0496. The summed E-state index contributed by atoms with van der Waals surface area (Å²) in [7, 11) is 0. The lowest BCUT2D eigenvalue weighted by Gasteiger charge is -2.31. The summed E-state index contributed by atoms with van der Waals surface area (Å²) in [6.45, 7) is 7.16. The Bertz CT molecular complexity index is 342. The van der Waals surface area contributed by atoms with Gasteiger partial charge in [0.15, 0.2) is 0 Å². The predicted octanol–water partition coefficient (Wildman–Crippen LogP) is 2.00. The zero-order valence-corrected chi connectivity index (χ0v) is 11.6. The lowest BCUT2D eigenvalue weighted by molar-refractivity contribution is 0.0545. The first kappa shape index (κ1) is 15.2. The minimum atomic E-state index is -0.386. The van der Waals surface area contributed by atoms with Gasteiger partial charge in [-0.3, -0.25) is 0 Å². The maximum Gasteiger partial charge on any atom is 0.0541 e. The monoisotopic (exact) mass is 251 g/mol. The Morgan fingerprint density at radius 1 is 1.28 bits per heavy atom. The highest BCUT2D eigenvalue weighted by atomic mass is 16.5. The van der Waals surface area contributed by atoms with Crippen LogP contribution < -0.4 is 5.73 Å². The zero-order valence-electron chi connectivity index (χ0n) is 11.6. The number of benzene rings is 1. The second kappa shape index (κ2) is 6.88. The van der Waals surface area contributed by atoms with E-state index in [0.29, 0.717) is 13.2 Å². The van der Waals surface area contributed by atoms with E-state index in [1.54, 1.807) is 0 Å². The molecule has 0 radical (unpaired) electrons. The molecule has 1 unspecified atom stereocenters. The van der Waals surface area contributed by atoms with Crippen LogP contribution in [-0.2, 0) is 10.2 Å². The predicted molar refractivity (Wildman–Crippen MR) is 74.7 cm³/mol. The van der Waals surface area contributed by atoms with E-state index in [4.69, 9.17) is 10.5 Å². The Labute approximate surface area is 110 Å². The highest BCUT2D eigenvalue weighted by Crippen LogP contribution is 2.27. The van der Waals surface area contributed by atoms with Crippen molar-refractivity contribution in [2.75, 3.05) is 19.8 Å². The molecule has 0 saturated carbocycles. The molecule has 1 atom stereocenters. The fourth-order valence-corrected chi connectivity index (χ4v) is 2.00. The summed E-state index contributed by atoms with van der Waals surface area (Å²) in [6.07, 6.45) is 0.943.